The van der Waals surface area contributed by atoms with Crippen molar-refractivity contribution in [3.05, 3.63) is 23.4 Å². The molecule has 0 bridgehead atoms. The lowest BCUT2D eigenvalue weighted by Gasteiger charge is -2.24. The summed E-state index contributed by atoms with van der Waals surface area (Å²) in [6.07, 6.45) is 8.12. The van der Waals surface area contributed by atoms with Crippen LogP contribution < -0.4 is 0 Å². The van der Waals surface area contributed by atoms with Gasteiger partial charge in [0.05, 0.1) is 8.80 Å². The highest BCUT2D eigenvalue weighted by atomic mass is 28.3. The van der Waals surface area contributed by atoms with Crippen LogP contribution in [0.2, 0.25) is 11.1 Å². The van der Waals surface area contributed by atoms with Gasteiger partial charge >= 0.3 is 0 Å². The molecule has 0 aromatic rings. The van der Waals surface area contributed by atoms with Crippen LogP contribution in [0.1, 0.15) is 34.1 Å². The Bertz CT molecular complexity index is 191. The summed E-state index contributed by atoms with van der Waals surface area (Å²) in [5.74, 6) is 0. The minimum atomic E-state index is -0.634. The van der Waals surface area contributed by atoms with E-state index < -0.39 is 8.80 Å². The van der Waals surface area contributed by atoms with Crippen LogP contribution in [0.3, 0.4) is 0 Å². The summed E-state index contributed by atoms with van der Waals surface area (Å²) >= 11 is 0. The van der Waals surface area contributed by atoms with Crippen molar-refractivity contribution in [3.8, 4) is 0 Å². The minimum Gasteiger partial charge on any atom is -0.0809 e. The second-order valence-corrected chi connectivity index (χ2v) is 8.85. The monoisotopic (exact) mass is 180 g/mol. The lowest BCUT2D eigenvalue weighted by atomic mass is 10.5. The highest BCUT2D eigenvalue weighted by Crippen LogP contribution is 2.29. The SMILES string of the molecule is CC(C)[SiH](C1=CC=CC1)C(C)C. The van der Waals surface area contributed by atoms with E-state index in [1.54, 1.807) is 5.20 Å². The summed E-state index contributed by atoms with van der Waals surface area (Å²) in [6, 6.07) is 0. The third-order valence-electron chi connectivity index (χ3n) is 2.66. The van der Waals surface area contributed by atoms with Crippen molar-refractivity contribution in [2.75, 3.05) is 0 Å². The van der Waals surface area contributed by atoms with Crippen LogP contribution >= 0.6 is 0 Å². The summed E-state index contributed by atoms with van der Waals surface area (Å²) in [4.78, 5) is 0. The van der Waals surface area contributed by atoms with Crippen molar-refractivity contribution < 1.29 is 0 Å². The molecule has 0 aromatic heterocycles. The van der Waals surface area contributed by atoms with E-state index in [0.717, 1.165) is 11.1 Å². The molecule has 1 rings (SSSR count). The first kappa shape index (κ1) is 9.78. The quantitative estimate of drug-likeness (QED) is 0.584. The summed E-state index contributed by atoms with van der Waals surface area (Å²) in [7, 11) is -0.634. The summed E-state index contributed by atoms with van der Waals surface area (Å²) in [6.45, 7) is 9.54. The van der Waals surface area contributed by atoms with Gasteiger partial charge in [0, 0.05) is 0 Å². The molecule has 0 spiro atoms. The summed E-state index contributed by atoms with van der Waals surface area (Å²) in [5.41, 5.74) is 1.83. The summed E-state index contributed by atoms with van der Waals surface area (Å²) < 4.78 is 0. The smallest absolute Gasteiger partial charge is 0.0711 e. The molecular weight excluding hydrogens is 160 g/mol. The second-order valence-electron chi connectivity index (χ2n) is 4.39. The standard InChI is InChI=1S/C11H20Si/c1-9(2)12(10(3)4)11-7-5-6-8-11/h5-7,9-10,12H,8H2,1-4H3. The fourth-order valence-electron chi connectivity index (χ4n) is 2.34. The third kappa shape index (κ3) is 2.10. The Labute approximate surface area is 78.0 Å². The van der Waals surface area contributed by atoms with Gasteiger partial charge in [0.1, 0.15) is 0 Å². The molecule has 0 aliphatic heterocycles. The van der Waals surface area contributed by atoms with Crippen LogP contribution in [0.5, 0.6) is 0 Å². The maximum atomic E-state index is 2.38. The van der Waals surface area contributed by atoms with E-state index >= 15 is 0 Å². The molecule has 0 unspecified atom stereocenters. The second kappa shape index (κ2) is 4.08. The van der Waals surface area contributed by atoms with Gasteiger partial charge in [-0.2, -0.15) is 0 Å². The maximum absolute atomic E-state index is 2.38. The Hall–Kier alpha value is -0.303. The van der Waals surface area contributed by atoms with E-state index in [9.17, 15) is 0 Å². The molecular formula is C11H20Si. The number of allylic oxidation sites excluding steroid dienone is 4. The van der Waals surface area contributed by atoms with E-state index in [2.05, 4.69) is 45.9 Å². The van der Waals surface area contributed by atoms with Gasteiger partial charge in [-0.25, -0.2) is 0 Å². The molecule has 12 heavy (non-hydrogen) atoms. The topological polar surface area (TPSA) is 0 Å². The van der Waals surface area contributed by atoms with Gasteiger partial charge in [0.25, 0.3) is 0 Å². The minimum absolute atomic E-state index is 0.634. The number of hydrogen-bond donors (Lipinski definition) is 0. The molecule has 0 aromatic carbocycles. The van der Waals surface area contributed by atoms with Crippen LogP contribution in [0.4, 0.5) is 0 Å². The zero-order valence-corrected chi connectivity index (χ0v) is 9.83. The first-order valence-electron chi connectivity index (χ1n) is 4.98. The van der Waals surface area contributed by atoms with Crippen molar-refractivity contribution in [2.24, 2.45) is 0 Å². The van der Waals surface area contributed by atoms with E-state index in [0.29, 0.717) is 0 Å². The van der Waals surface area contributed by atoms with Crippen LogP contribution in [-0.4, -0.2) is 8.80 Å². The lowest BCUT2D eigenvalue weighted by molar-refractivity contribution is 0.937. The first-order chi connectivity index (χ1) is 5.63. The van der Waals surface area contributed by atoms with Gasteiger partial charge in [0.2, 0.25) is 0 Å². The molecule has 0 amide bonds. The number of rotatable bonds is 3. The molecule has 1 aliphatic carbocycles. The lowest BCUT2D eigenvalue weighted by Crippen LogP contribution is -2.23. The Morgan fingerprint density at radius 2 is 1.75 bits per heavy atom. The zero-order valence-electron chi connectivity index (χ0n) is 8.67. The van der Waals surface area contributed by atoms with Crippen molar-refractivity contribution >= 4 is 8.80 Å². The Balaban J connectivity index is 2.66. The number of hydrogen-bond acceptors (Lipinski definition) is 0. The van der Waals surface area contributed by atoms with Gasteiger partial charge in [-0.3, -0.25) is 0 Å². The van der Waals surface area contributed by atoms with Crippen LogP contribution in [0.15, 0.2) is 23.4 Å². The molecule has 0 heterocycles. The van der Waals surface area contributed by atoms with Gasteiger partial charge in [-0.15, -0.1) is 0 Å². The van der Waals surface area contributed by atoms with E-state index in [1.807, 2.05) is 0 Å². The van der Waals surface area contributed by atoms with Crippen LogP contribution in [0.25, 0.3) is 0 Å². The molecule has 68 valence electrons. The molecule has 0 saturated carbocycles. The molecule has 0 fully saturated rings. The van der Waals surface area contributed by atoms with Crippen molar-refractivity contribution in [1.82, 2.24) is 0 Å². The third-order valence-corrected chi connectivity index (χ3v) is 6.82. The average Bonchev–Trinajstić information content (AvgIpc) is 2.37. The van der Waals surface area contributed by atoms with Gasteiger partial charge in [-0.05, 0) is 17.5 Å². The largest absolute Gasteiger partial charge is 0.0809 e. The van der Waals surface area contributed by atoms with Crippen molar-refractivity contribution in [1.29, 1.82) is 0 Å². The average molecular weight is 180 g/mol. The van der Waals surface area contributed by atoms with Crippen LogP contribution in [-0.2, 0) is 0 Å². The van der Waals surface area contributed by atoms with E-state index in [4.69, 9.17) is 0 Å². The predicted molar refractivity (Wildman–Crippen MR) is 59.2 cm³/mol. The van der Waals surface area contributed by atoms with Gasteiger partial charge < -0.3 is 0 Å². The molecule has 1 heteroatoms. The van der Waals surface area contributed by atoms with Crippen molar-refractivity contribution in [2.45, 2.75) is 45.2 Å². The zero-order chi connectivity index (χ0) is 9.14. The molecule has 0 radical (unpaired) electrons. The van der Waals surface area contributed by atoms with Crippen molar-refractivity contribution in [3.63, 3.8) is 0 Å². The molecule has 1 aliphatic rings. The first-order valence-corrected chi connectivity index (χ1v) is 6.89. The maximum Gasteiger partial charge on any atom is 0.0711 e. The molecule has 0 N–H and O–H groups in total. The fraction of sp³-hybridized carbons (Fsp3) is 0.636. The van der Waals surface area contributed by atoms with E-state index in [1.165, 1.54) is 6.42 Å². The molecule has 0 saturated heterocycles. The predicted octanol–water partition coefficient (Wildman–Crippen LogP) is 3.46. The van der Waals surface area contributed by atoms with E-state index in [-0.39, 0.29) is 0 Å². The highest BCUT2D eigenvalue weighted by Gasteiger charge is 2.23. The Kier molecular flexibility index (Phi) is 3.33. The Morgan fingerprint density at radius 1 is 1.17 bits per heavy atom. The van der Waals surface area contributed by atoms with Gasteiger partial charge in [0.15, 0.2) is 0 Å². The highest BCUT2D eigenvalue weighted by molar-refractivity contribution is 6.69. The van der Waals surface area contributed by atoms with Crippen LogP contribution in [0, 0.1) is 0 Å². The fourth-order valence-corrected chi connectivity index (χ4v) is 6.33. The normalized spacial score (nSPS) is 16.8. The molecule has 0 atom stereocenters. The Morgan fingerprint density at radius 3 is 2.08 bits per heavy atom. The summed E-state index contributed by atoms with van der Waals surface area (Å²) in [5, 5.41) is 1.76. The van der Waals surface area contributed by atoms with Gasteiger partial charge in [-0.1, -0.05) is 51.1 Å². The molecule has 0 nitrogen and oxygen atoms in total.